The van der Waals surface area contributed by atoms with Gasteiger partial charge in [0.05, 0.1) is 45.4 Å². The van der Waals surface area contributed by atoms with Gasteiger partial charge in [0, 0.05) is 0 Å². The number of hydrogen-bond acceptors (Lipinski definition) is 3. The highest BCUT2D eigenvalue weighted by atomic mass is 16.4. The Morgan fingerprint density at radius 3 is 1.23 bits per heavy atom. The number of carbonyl (C=O) groups is 3. The van der Waals surface area contributed by atoms with Crippen molar-refractivity contribution in [1.82, 2.24) is 0 Å². The summed E-state index contributed by atoms with van der Waals surface area (Å²) in [6, 6.07) is 0. The summed E-state index contributed by atoms with van der Waals surface area (Å²) in [4.78, 5) is 33.3. The molecule has 0 heterocycles. The van der Waals surface area contributed by atoms with Crippen LogP contribution in [0.5, 0.6) is 0 Å². The summed E-state index contributed by atoms with van der Waals surface area (Å²) in [6.45, 7) is 3.72. The van der Waals surface area contributed by atoms with Crippen molar-refractivity contribution in [3.63, 3.8) is 0 Å². The van der Waals surface area contributed by atoms with Crippen LogP contribution in [0.2, 0.25) is 0 Å². The molecular formula is C28H52NO6+. The Labute approximate surface area is 213 Å². The third-order valence-corrected chi connectivity index (χ3v) is 6.79. The minimum Gasteiger partial charge on any atom is -0.481 e. The second-order valence-electron chi connectivity index (χ2n) is 9.96. The van der Waals surface area contributed by atoms with Crippen LogP contribution in [0.15, 0.2) is 12.2 Å². The number of aliphatic carboxylic acids is 3. The molecule has 3 N–H and O–H groups in total. The van der Waals surface area contributed by atoms with Gasteiger partial charge in [-0.1, -0.05) is 76.9 Å². The Balaban J connectivity index is 4.08. The van der Waals surface area contributed by atoms with Gasteiger partial charge in [-0.3, -0.25) is 14.4 Å². The third-order valence-electron chi connectivity index (χ3n) is 6.79. The lowest BCUT2D eigenvalue weighted by atomic mass is 10.1. The molecule has 0 amide bonds. The molecule has 0 aromatic carbocycles. The Kier molecular flexibility index (Phi) is 21.3. The van der Waals surface area contributed by atoms with Crippen LogP contribution in [0.3, 0.4) is 0 Å². The second kappa shape index (κ2) is 22.6. The van der Waals surface area contributed by atoms with Crippen molar-refractivity contribution >= 4 is 17.9 Å². The lowest BCUT2D eigenvalue weighted by Crippen LogP contribution is -2.52. The minimum atomic E-state index is -0.936. The number of nitrogens with zero attached hydrogens (tertiary/aromatic N) is 1. The van der Waals surface area contributed by atoms with E-state index >= 15 is 0 Å². The standard InChI is InChI=1S/C28H51NO6/c1-2-3-4-5-6-7-8-9-10-11-12-13-14-15-16-17-18-22-29(23-19-26(30)31,24-20-27(32)33)25-21-28(34)35/h11-12H,2-10,13-25H2,1H3,(H2-,30,31,32,33,34,35)/p+1/b12-11+. The molecule has 0 bridgehead atoms. The first kappa shape index (κ1) is 33.1. The van der Waals surface area contributed by atoms with Crippen molar-refractivity contribution in [2.45, 2.75) is 122 Å². The van der Waals surface area contributed by atoms with Crippen LogP contribution in [0.25, 0.3) is 0 Å². The number of hydrogen-bond donors (Lipinski definition) is 3. The van der Waals surface area contributed by atoms with Crippen LogP contribution < -0.4 is 0 Å². The van der Waals surface area contributed by atoms with Crippen molar-refractivity contribution in [2.24, 2.45) is 0 Å². The van der Waals surface area contributed by atoms with Crippen LogP contribution in [0.1, 0.15) is 122 Å². The van der Waals surface area contributed by atoms with E-state index in [1.807, 2.05) is 0 Å². The summed E-state index contributed by atoms with van der Waals surface area (Å²) in [7, 11) is 0. The van der Waals surface area contributed by atoms with Crippen molar-refractivity contribution in [1.29, 1.82) is 0 Å². The number of quaternary nitrogens is 1. The van der Waals surface area contributed by atoms with Gasteiger partial charge >= 0.3 is 17.9 Å². The van der Waals surface area contributed by atoms with Crippen molar-refractivity contribution < 1.29 is 34.2 Å². The fourth-order valence-corrected chi connectivity index (χ4v) is 4.54. The average molecular weight is 499 g/mol. The van der Waals surface area contributed by atoms with E-state index in [1.165, 1.54) is 57.8 Å². The Morgan fingerprint density at radius 2 is 0.857 bits per heavy atom. The Morgan fingerprint density at radius 1 is 0.514 bits per heavy atom. The predicted molar refractivity (Wildman–Crippen MR) is 141 cm³/mol. The summed E-state index contributed by atoms with van der Waals surface area (Å²) in [6.07, 6.45) is 22.7. The van der Waals surface area contributed by atoms with E-state index in [9.17, 15) is 14.4 Å². The van der Waals surface area contributed by atoms with Gasteiger partial charge < -0.3 is 19.8 Å². The topological polar surface area (TPSA) is 112 Å². The molecule has 0 atom stereocenters. The molecule has 204 valence electrons. The molecule has 35 heavy (non-hydrogen) atoms. The monoisotopic (exact) mass is 498 g/mol. The molecule has 7 nitrogen and oxygen atoms in total. The quantitative estimate of drug-likeness (QED) is 0.0699. The first-order valence-corrected chi connectivity index (χ1v) is 14.0. The van der Waals surface area contributed by atoms with E-state index in [-0.39, 0.29) is 43.4 Å². The van der Waals surface area contributed by atoms with E-state index in [1.54, 1.807) is 0 Å². The van der Waals surface area contributed by atoms with Crippen LogP contribution in [0, 0.1) is 0 Å². The fraction of sp³-hybridized carbons (Fsp3) is 0.821. The smallest absolute Gasteiger partial charge is 0.309 e. The van der Waals surface area contributed by atoms with Gasteiger partial charge in [-0.15, -0.1) is 0 Å². The number of unbranched alkanes of at least 4 members (excludes halogenated alkanes) is 13. The second-order valence-corrected chi connectivity index (χ2v) is 9.96. The highest BCUT2D eigenvalue weighted by Crippen LogP contribution is 2.17. The molecule has 0 aliphatic carbocycles. The van der Waals surface area contributed by atoms with Gasteiger partial charge in [-0.05, 0) is 38.5 Å². The van der Waals surface area contributed by atoms with Crippen LogP contribution in [0.4, 0.5) is 0 Å². The summed E-state index contributed by atoms with van der Waals surface area (Å²) in [5, 5.41) is 27.3. The maximum Gasteiger partial charge on any atom is 0.309 e. The number of carboxylic acids is 3. The molecule has 0 aromatic heterocycles. The summed E-state index contributed by atoms with van der Waals surface area (Å²) in [5.74, 6) is -2.81. The minimum absolute atomic E-state index is 0.0788. The molecule has 0 radical (unpaired) electrons. The van der Waals surface area contributed by atoms with Crippen LogP contribution in [-0.4, -0.2) is 63.9 Å². The zero-order valence-corrected chi connectivity index (χ0v) is 22.2. The number of carboxylic acid groups (broad SMARTS) is 3. The van der Waals surface area contributed by atoms with Gasteiger partial charge in [0.15, 0.2) is 0 Å². The number of rotatable bonds is 26. The van der Waals surface area contributed by atoms with Crippen LogP contribution in [-0.2, 0) is 14.4 Å². The lowest BCUT2D eigenvalue weighted by Gasteiger charge is -2.38. The molecule has 0 aliphatic heterocycles. The van der Waals surface area contributed by atoms with Gasteiger partial charge in [-0.25, -0.2) is 0 Å². The van der Waals surface area contributed by atoms with Crippen LogP contribution >= 0.6 is 0 Å². The molecular weight excluding hydrogens is 446 g/mol. The Bertz CT molecular complexity index is 544. The lowest BCUT2D eigenvalue weighted by molar-refractivity contribution is -0.927. The summed E-state index contributed by atoms with van der Waals surface area (Å²) < 4.78 is 0.256. The third kappa shape index (κ3) is 22.3. The largest absolute Gasteiger partial charge is 0.481 e. The molecule has 0 saturated heterocycles. The summed E-state index contributed by atoms with van der Waals surface area (Å²) in [5.41, 5.74) is 0. The maximum absolute atomic E-state index is 11.1. The zero-order valence-electron chi connectivity index (χ0n) is 22.2. The van der Waals surface area contributed by atoms with E-state index in [4.69, 9.17) is 15.3 Å². The molecule has 0 aliphatic rings. The van der Waals surface area contributed by atoms with Crippen molar-refractivity contribution in [2.75, 3.05) is 26.2 Å². The van der Waals surface area contributed by atoms with Gasteiger partial charge in [0.25, 0.3) is 0 Å². The summed E-state index contributed by atoms with van der Waals surface area (Å²) >= 11 is 0. The predicted octanol–water partition coefficient (Wildman–Crippen LogP) is 6.65. The van der Waals surface area contributed by atoms with E-state index in [0.717, 1.165) is 38.5 Å². The molecule has 0 aromatic rings. The van der Waals surface area contributed by atoms with Gasteiger partial charge in [0.1, 0.15) is 0 Å². The SMILES string of the molecule is CCCCCCCCCC/C=C/CCCCCCC[N+](CCC(=O)O)(CCC(=O)O)CCC(=O)O. The zero-order chi connectivity index (χ0) is 26.2. The first-order valence-electron chi connectivity index (χ1n) is 14.0. The molecule has 0 unspecified atom stereocenters. The normalized spacial score (nSPS) is 11.8. The molecule has 0 rings (SSSR count). The average Bonchev–Trinajstić information content (AvgIpc) is 2.81. The van der Waals surface area contributed by atoms with Crippen molar-refractivity contribution in [3.05, 3.63) is 12.2 Å². The Hall–Kier alpha value is -1.89. The molecule has 0 spiro atoms. The highest BCUT2D eigenvalue weighted by Gasteiger charge is 2.29. The van der Waals surface area contributed by atoms with Gasteiger partial charge in [0.2, 0.25) is 0 Å². The number of allylic oxidation sites excluding steroid dienone is 2. The maximum atomic E-state index is 11.1. The molecule has 7 heteroatoms. The van der Waals surface area contributed by atoms with Crippen molar-refractivity contribution in [3.8, 4) is 0 Å². The van der Waals surface area contributed by atoms with E-state index in [2.05, 4.69) is 19.1 Å². The van der Waals surface area contributed by atoms with E-state index < -0.39 is 17.9 Å². The first-order chi connectivity index (χ1) is 16.8. The van der Waals surface area contributed by atoms with Gasteiger partial charge in [-0.2, -0.15) is 0 Å². The van der Waals surface area contributed by atoms with E-state index in [0.29, 0.717) is 6.54 Å². The molecule has 0 fully saturated rings. The fourth-order valence-electron chi connectivity index (χ4n) is 4.54. The highest BCUT2D eigenvalue weighted by molar-refractivity contribution is 5.67. The molecule has 0 saturated carbocycles.